The maximum atomic E-state index is 5.30. The second kappa shape index (κ2) is 6.75. The monoisotopic (exact) mass is 431 g/mol. The molecular formula is C28H21N3S. The van der Waals surface area contributed by atoms with E-state index in [0.717, 1.165) is 23.4 Å². The number of rotatable bonds is 2. The maximum Gasteiger partial charge on any atom is 0.209 e. The van der Waals surface area contributed by atoms with Crippen molar-refractivity contribution in [2.75, 3.05) is 4.90 Å². The van der Waals surface area contributed by atoms with Crippen molar-refractivity contribution < 1.29 is 0 Å². The van der Waals surface area contributed by atoms with Gasteiger partial charge in [0.15, 0.2) is 0 Å². The van der Waals surface area contributed by atoms with Gasteiger partial charge in [-0.05, 0) is 51.8 Å². The van der Waals surface area contributed by atoms with E-state index in [4.69, 9.17) is 17.6 Å². The van der Waals surface area contributed by atoms with Gasteiger partial charge in [0.2, 0.25) is 5.95 Å². The third kappa shape index (κ3) is 2.41. The third-order valence-electron chi connectivity index (χ3n) is 6.85. The van der Waals surface area contributed by atoms with Crippen LogP contribution in [0.25, 0.3) is 22.2 Å². The summed E-state index contributed by atoms with van der Waals surface area (Å²) in [5.41, 5.74) is 8.50. The summed E-state index contributed by atoms with van der Waals surface area (Å²) in [4.78, 5) is 10.9. The summed E-state index contributed by atoms with van der Waals surface area (Å²) in [5.74, 6) is 0.870. The zero-order chi connectivity index (χ0) is 21.2. The summed E-state index contributed by atoms with van der Waals surface area (Å²) >= 11 is 5.30. The fraction of sp³-hybridized carbons (Fsp3) is 0.107. The molecule has 0 amide bonds. The Morgan fingerprint density at radius 2 is 1.62 bits per heavy atom. The molecule has 32 heavy (non-hydrogen) atoms. The number of aromatic amines is 1. The Kier molecular flexibility index (Phi) is 3.82. The summed E-state index contributed by atoms with van der Waals surface area (Å²) in [6.07, 6.45) is 7.59. The van der Waals surface area contributed by atoms with Crippen LogP contribution in [0, 0.1) is 0 Å². The minimum absolute atomic E-state index is 0.0201. The van der Waals surface area contributed by atoms with Gasteiger partial charge in [-0.3, -0.25) is 0 Å². The number of aromatic nitrogens is 2. The van der Waals surface area contributed by atoms with E-state index in [0.29, 0.717) is 0 Å². The number of nitrogens with zero attached hydrogens (tertiary/aromatic N) is 2. The van der Waals surface area contributed by atoms with Crippen molar-refractivity contribution in [1.29, 1.82) is 0 Å². The molecule has 2 aliphatic carbocycles. The highest BCUT2D eigenvalue weighted by atomic mass is 32.1. The zero-order valence-corrected chi connectivity index (χ0v) is 18.3. The maximum absolute atomic E-state index is 5.30. The number of H-pyrrole nitrogens is 1. The lowest BCUT2D eigenvalue weighted by atomic mass is 9.84. The molecule has 7 rings (SSSR count). The Bertz CT molecular complexity index is 1560. The molecule has 0 fully saturated rings. The number of allylic oxidation sites excluding steroid dienone is 4. The number of nitrogens with one attached hydrogen (secondary N) is 1. The molecule has 0 saturated carbocycles. The van der Waals surface area contributed by atoms with Crippen LogP contribution in [0.1, 0.15) is 12.0 Å². The van der Waals surface area contributed by atoms with Gasteiger partial charge < -0.3 is 9.88 Å². The van der Waals surface area contributed by atoms with Gasteiger partial charge in [-0.15, -0.1) is 0 Å². The van der Waals surface area contributed by atoms with Gasteiger partial charge >= 0.3 is 0 Å². The Hall–Kier alpha value is -3.50. The second-order valence-electron chi connectivity index (χ2n) is 8.55. The Balaban J connectivity index is 1.56. The van der Waals surface area contributed by atoms with Crippen LogP contribution >= 0.6 is 12.6 Å². The van der Waals surface area contributed by atoms with Crippen LogP contribution in [0.3, 0.4) is 0 Å². The highest BCUT2D eigenvalue weighted by Gasteiger charge is 2.44. The molecule has 1 aliphatic heterocycles. The van der Waals surface area contributed by atoms with E-state index in [2.05, 4.69) is 88.8 Å². The predicted octanol–water partition coefficient (Wildman–Crippen LogP) is 4.63. The van der Waals surface area contributed by atoms with E-state index >= 15 is 0 Å². The van der Waals surface area contributed by atoms with Crippen LogP contribution in [0.4, 0.5) is 11.6 Å². The van der Waals surface area contributed by atoms with Crippen LogP contribution in [0.15, 0.2) is 96.6 Å². The molecule has 1 aromatic heterocycles. The third-order valence-corrected chi connectivity index (χ3v) is 7.39. The van der Waals surface area contributed by atoms with Gasteiger partial charge in [-0.2, -0.15) is 12.6 Å². The first-order valence-corrected chi connectivity index (χ1v) is 11.5. The average Bonchev–Trinajstić information content (AvgIpc) is 3.56. The first-order valence-electron chi connectivity index (χ1n) is 11.0. The lowest BCUT2D eigenvalue weighted by Gasteiger charge is -2.34. The molecule has 0 bridgehead atoms. The molecule has 2 heterocycles. The van der Waals surface area contributed by atoms with E-state index in [-0.39, 0.29) is 11.3 Å². The van der Waals surface area contributed by atoms with E-state index in [1.807, 2.05) is 12.1 Å². The number of benzene rings is 3. The molecule has 2 unspecified atom stereocenters. The zero-order valence-electron chi connectivity index (χ0n) is 17.4. The van der Waals surface area contributed by atoms with Gasteiger partial charge in [0.05, 0.1) is 28.0 Å². The fourth-order valence-electron chi connectivity index (χ4n) is 5.53. The minimum Gasteiger partial charge on any atom is -0.324 e. The molecule has 4 heteroatoms. The van der Waals surface area contributed by atoms with Crippen molar-refractivity contribution in [3.05, 3.63) is 113 Å². The molecule has 0 saturated heterocycles. The predicted molar refractivity (Wildman–Crippen MR) is 135 cm³/mol. The molecule has 4 aromatic rings. The first-order chi connectivity index (χ1) is 15.8. The molecule has 3 nitrogen and oxygen atoms in total. The normalized spacial score (nSPS) is 21.0. The fourth-order valence-corrected chi connectivity index (χ4v) is 6.12. The number of hydrogen-bond acceptors (Lipinski definition) is 3. The van der Waals surface area contributed by atoms with Gasteiger partial charge in [0.1, 0.15) is 0 Å². The summed E-state index contributed by atoms with van der Waals surface area (Å²) in [6.45, 7) is 0. The number of fused-ring (bicyclic) bond motifs is 5. The highest BCUT2D eigenvalue weighted by molar-refractivity contribution is 7.81. The molecule has 2 atom stereocenters. The summed E-state index contributed by atoms with van der Waals surface area (Å²) < 4.78 is 0. The van der Waals surface area contributed by atoms with Crippen molar-refractivity contribution in [1.82, 2.24) is 9.97 Å². The molecular weight excluding hydrogens is 410 g/mol. The summed E-state index contributed by atoms with van der Waals surface area (Å²) in [7, 11) is 0. The molecule has 154 valence electrons. The van der Waals surface area contributed by atoms with Gasteiger partial charge in [-0.25, -0.2) is 4.98 Å². The lowest BCUT2D eigenvalue weighted by Crippen LogP contribution is -2.47. The van der Waals surface area contributed by atoms with Crippen molar-refractivity contribution >= 4 is 46.4 Å². The number of hydrogen-bond donors (Lipinski definition) is 2. The van der Waals surface area contributed by atoms with E-state index in [1.165, 1.54) is 38.4 Å². The van der Waals surface area contributed by atoms with Crippen LogP contribution in [0.2, 0.25) is 0 Å². The molecule has 3 aliphatic rings. The Morgan fingerprint density at radius 1 is 0.875 bits per heavy atom. The number of anilines is 2. The molecule has 0 radical (unpaired) electrons. The smallest absolute Gasteiger partial charge is 0.209 e. The van der Waals surface area contributed by atoms with Crippen molar-refractivity contribution in [3.63, 3.8) is 0 Å². The van der Waals surface area contributed by atoms with Crippen LogP contribution in [-0.4, -0.2) is 21.3 Å². The molecule has 1 N–H and O–H groups in total. The number of imidazole rings is 1. The quantitative estimate of drug-likeness (QED) is 0.454. The van der Waals surface area contributed by atoms with Crippen LogP contribution < -0.4 is 15.3 Å². The standard InChI is InChI=1S/C28H21N3S/c32-27-24(17-9-1-2-10-17)18-11-3-4-12-19(18)25-20-13-5-8-16-23(20)31(26(25)27)28-29-21-14-6-7-15-22(21)30-28/h1-9,11-16,26-27,32H,10H2,(H,29,30). The number of para-hydroxylation sites is 3. The summed E-state index contributed by atoms with van der Waals surface area (Å²) in [6, 6.07) is 25.8. The Labute approximate surface area is 191 Å². The van der Waals surface area contributed by atoms with Crippen LogP contribution in [-0.2, 0) is 0 Å². The first kappa shape index (κ1) is 18.1. The van der Waals surface area contributed by atoms with Crippen molar-refractivity contribution in [2.24, 2.45) is 0 Å². The van der Waals surface area contributed by atoms with Gasteiger partial charge in [0, 0.05) is 5.56 Å². The van der Waals surface area contributed by atoms with E-state index in [9.17, 15) is 0 Å². The van der Waals surface area contributed by atoms with Crippen LogP contribution in [0.5, 0.6) is 0 Å². The van der Waals surface area contributed by atoms with Gasteiger partial charge in [0.25, 0.3) is 0 Å². The van der Waals surface area contributed by atoms with Gasteiger partial charge in [-0.1, -0.05) is 72.8 Å². The second-order valence-corrected chi connectivity index (χ2v) is 9.11. The summed E-state index contributed by atoms with van der Waals surface area (Å²) in [5, 5.41) is 2.62. The molecule has 0 spiro atoms. The number of thiol groups is 1. The SMILES string of the molecule is SC1C(C2=CC=CC2)=c2ccccc2=C2c3ccccc3N(c3nc4ccccc4[nH]3)C21. The highest BCUT2D eigenvalue weighted by Crippen LogP contribution is 2.48. The average molecular weight is 432 g/mol. The minimum atomic E-state index is 0.0201. The van der Waals surface area contributed by atoms with E-state index < -0.39 is 0 Å². The van der Waals surface area contributed by atoms with Crippen molar-refractivity contribution in [3.8, 4) is 0 Å². The van der Waals surface area contributed by atoms with Crippen molar-refractivity contribution in [2.45, 2.75) is 17.7 Å². The Morgan fingerprint density at radius 3 is 2.44 bits per heavy atom. The van der Waals surface area contributed by atoms with E-state index in [1.54, 1.807) is 0 Å². The largest absolute Gasteiger partial charge is 0.324 e. The molecule has 3 aromatic carbocycles. The topological polar surface area (TPSA) is 31.9 Å². The lowest BCUT2D eigenvalue weighted by molar-refractivity contribution is 0.824.